The van der Waals surface area contributed by atoms with Gasteiger partial charge in [-0.2, -0.15) is 0 Å². The molecule has 102 valence electrons. The predicted molar refractivity (Wildman–Crippen MR) is 70.9 cm³/mol. The largest absolute Gasteiger partial charge is 0.469 e. The molecule has 0 amide bonds. The van der Waals surface area contributed by atoms with Crippen LogP contribution < -0.4 is 4.90 Å². The van der Waals surface area contributed by atoms with Gasteiger partial charge in [-0.1, -0.05) is 0 Å². The maximum Gasteiger partial charge on any atom is 0.310 e. The molecule has 1 unspecified atom stereocenters. The van der Waals surface area contributed by atoms with Gasteiger partial charge < -0.3 is 9.64 Å². The number of nitro groups is 1. The van der Waals surface area contributed by atoms with E-state index in [1.807, 2.05) is 4.90 Å². The minimum absolute atomic E-state index is 0.0701. The lowest BCUT2D eigenvalue weighted by Crippen LogP contribution is -2.24. The summed E-state index contributed by atoms with van der Waals surface area (Å²) in [5.74, 6) is 0.200. The van der Waals surface area contributed by atoms with Gasteiger partial charge in [-0.15, -0.1) is 0 Å². The number of esters is 1. The quantitative estimate of drug-likeness (QED) is 0.477. The Labute approximate surface area is 117 Å². The van der Waals surface area contributed by atoms with Crippen LogP contribution in [0.4, 0.5) is 11.5 Å². The lowest BCUT2D eigenvalue weighted by atomic mass is 10.1. The SMILES string of the molecule is COC(=O)C1CCN(c2ncc([N+](=O)[O-])cc2Br)C1. The van der Waals surface area contributed by atoms with Gasteiger partial charge in [0.05, 0.1) is 22.4 Å². The Morgan fingerprint density at radius 2 is 2.42 bits per heavy atom. The zero-order valence-corrected chi connectivity index (χ0v) is 11.8. The number of rotatable bonds is 3. The Balaban J connectivity index is 2.16. The lowest BCUT2D eigenvalue weighted by molar-refractivity contribution is -0.385. The summed E-state index contributed by atoms with van der Waals surface area (Å²) in [5.41, 5.74) is -0.0701. The summed E-state index contributed by atoms with van der Waals surface area (Å²) in [6.45, 7) is 1.18. The van der Waals surface area contributed by atoms with E-state index in [0.717, 1.165) is 0 Å². The summed E-state index contributed by atoms with van der Waals surface area (Å²) in [6.07, 6.45) is 1.91. The maximum absolute atomic E-state index is 11.4. The summed E-state index contributed by atoms with van der Waals surface area (Å²) in [5, 5.41) is 10.6. The number of hydrogen-bond acceptors (Lipinski definition) is 6. The number of aromatic nitrogens is 1. The molecule has 1 aliphatic heterocycles. The Kier molecular flexibility index (Phi) is 3.98. The first-order valence-electron chi connectivity index (χ1n) is 5.65. The second kappa shape index (κ2) is 5.52. The number of nitrogens with zero attached hydrogens (tertiary/aromatic N) is 3. The highest BCUT2D eigenvalue weighted by Crippen LogP contribution is 2.31. The van der Waals surface area contributed by atoms with Gasteiger partial charge in [-0.25, -0.2) is 4.98 Å². The Hall–Kier alpha value is -1.70. The number of halogens is 1. The molecule has 1 atom stereocenters. The molecular formula is C11H12BrN3O4. The minimum atomic E-state index is -0.497. The molecular weight excluding hydrogens is 318 g/mol. The van der Waals surface area contributed by atoms with Crippen molar-refractivity contribution in [3.63, 3.8) is 0 Å². The molecule has 1 saturated heterocycles. The standard InChI is InChI=1S/C11H12BrN3O4/c1-19-11(16)7-2-3-14(6-7)10-9(12)4-8(5-13-10)15(17)18/h4-5,7H,2-3,6H2,1H3. The van der Waals surface area contributed by atoms with Gasteiger partial charge >= 0.3 is 5.97 Å². The highest BCUT2D eigenvalue weighted by Gasteiger charge is 2.30. The highest BCUT2D eigenvalue weighted by molar-refractivity contribution is 9.10. The molecule has 1 aliphatic rings. The Morgan fingerprint density at radius 1 is 1.68 bits per heavy atom. The van der Waals surface area contributed by atoms with Crippen molar-refractivity contribution in [2.45, 2.75) is 6.42 Å². The van der Waals surface area contributed by atoms with E-state index in [0.29, 0.717) is 29.8 Å². The molecule has 2 heterocycles. The summed E-state index contributed by atoms with van der Waals surface area (Å²) < 4.78 is 5.26. The fourth-order valence-electron chi connectivity index (χ4n) is 2.06. The predicted octanol–water partition coefficient (Wildman–Crippen LogP) is 1.75. The molecule has 0 aliphatic carbocycles. The first-order valence-corrected chi connectivity index (χ1v) is 6.45. The number of hydrogen-bond donors (Lipinski definition) is 0. The highest BCUT2D eigenvalue weighted by atomic mass is 79.9. The van der Waals surface area contributed by atoms with Crippen molar-refractivity contribution >= 4 is 33.4 Å². The van der Waals surface area contributed by atoms with Crippen molar-refractivity contribution in [2.24, 2.45) is 5.92 Å². The van der Waals surface area contributed by atoms with Crippen LogP contribution in [-0.4, -0.2) is 36.1 Å². The average Bonchev–Trinajstić information content (AvgIpc) is 2.87. The Morgan fingerprint density at radius 3 is 3.00 bits per heavy atom. The zero-order chi connectivity index (χ0) is 14.0. The third-order valence-electron chi connectivity index (χ3n) is 3.04. The van der Waals surface area contributed by atoms with Crippen molar-refractivity contribution in [2.75, 3.05) is 25.1 Å². The second-order valence-electron chi connectivity index (χ2n) is 4.21. The summed E-state index contributed by atoms with van der Waals surface area (Å²) >= 11 is 3.27. The molecule has 0 radical (unpaired) electrons. The number of pyridine rings is 1. The van der Waals surface area contributed by atoms with Gasteiger partial charge in [0.2, 0.25) is 0 Å². The minimum Gasteiger partial charge on any atom is -0.469 e. The molecule has 0 spiro atoms. The topological polar surface area (TPSA) is 85.6 Å². The van der Waals surface area contributed by atoms with E-state index in [-0.39, 0.29) is 17.6 Å². The van der Waals surface area contributed by atoms with E-state index in [4.69, 9.17) is 4.74 Å². The van der Waals surface area contributed by atoms with Crippen molar-refractivity contribution in [1.82, 2.24) is 4.98 Å². The number of methoxy groups -OCH3 is 1. The smallest absolute Gasteiger partial charge is 0.310 e. The van der Waals surface area contributed by atoms with Crippen LogP contribution in [0.25, 0.3) is 0 Å². The van der Waals surface area contributed by atoms with E-state index in [1.54, 1.807) is 0 Å². The fourth-order valence-corrected chi connectivity index (χ4v) is 2.65. The molecule has 1 aromatic heterocycles. The maximum atomic E-state index is 11.4. The van der Waals surface area contributed by atoms with Crippen LogP contribution in [0.15, 0.2) is 16.7 Å². The van der Waals surface area contributed by atoms with Crippen molar-refractivity contribution in [3.8, 4) is 0 Å². The number of carbonyl (C=O) groups is 1. The molecule has 0 N–H and O–H groups in total. The van der Waals surface area contributed by atoms with Crippen LogP contribution in [-0.2, 0) is 9.53 Å². The van der Waals surface area contributed by atoms with Crippen LogP contribution in [0.3, 0.4) is 0 Å². The first kappa shape index (κ1) is 13.7. The van der Waals surface area contributed by atoms with Gasteiger partial charge in [0.1, 0.15) is 12.0 Å². The molecule has 0 saturated carbocycles. The van der Waals surface area contributed by atoms with Gasteiger partial charge in [0, 0.05) is 19.2 Å². The first-order chi connectivity index (χ1) is 9.02. The van der Waals surface area contributed by atoms with Crippen LogP contribution in [0.5, 0.6) is 0 Å². The normalized spacial score (nSPS) is 18.4. The summed E-state index contributed by atoms with van der Waals surface area (Å²) in [4.78, 5) is 27.6. The molecule has 19 heavy (non-hydrogen) atoms. The van der Waals surface area contributed by atoms with Crippen LogP contribution >= 0.6 is 15.9 Å². The third kappa shape index (κ3) is 2.83. The van der Waals surface area contributed by atoms with E-state index < -0.39 is 4.92 Å². The fraction of sp³-hybridized carbons (Fsp3) is 0.455. The van der Waals surface area contributed by atoms with E-state index in [1.165, 1.54) is 19.4 Å². The lowest BCUT2D eigenvalue weighted by Gasteiger charge is -2.18. The zero-order valence-electron chi connectivity index (χ0n) is 10.2. The Bertz CT molecular complexity index is 523. The molecule has 7 nitrogen and oxygen atoms in total. The van der Waals surface area contributed by atoms with Crippen molar-refractivity contribution in [3.05, 3.63) is 26.9 Å². The van der Waals surface area contributed by atoms with Gasteiger partial charge in [-0.3, -0.25) is 14.9 Å². The molecule has 2 rings (SSSR count). The summed E-state index contributed by atoms with van der Waals surface area (Å²) in [6, 6.07) is 1.41. The van der Waals surface area contributed by atoms with Crippen LogP contribution in [0, 0.1) is 16.0 Å². The van der Waals surface area contributed by atoms with Gasteiger partial charge in [0.15, 0.2) is 0 Å². The van der Waals surface area contributed by atoms with Crippen LogP contribution in [0.2, 0.25) is 0 Å². The van der Waals surface area contributed by atoms with Crippen LogP contribution in [0.1, 0.15) is 6.42 Å². The molecule has 1 aromatic rings. The number of anilines is 1. The molecule has 1 fully saturated rings. The van der Waals surface area contributed by atoms with E-state index in [9.17, 15) is 14.9 Å². The van der Waals surface area contributed by atoms with E-state index >= 15 is 0 Å². The molecule has 0 aromatic carbocycles. The average molecular weight is 330 g/mol. The summed E-state index contributed by atoms with van der Waals surface area (Å²) in [7, 11) is 1.37. The number of carbonyl (C=O) groups excluding carboxylic acids is 1. The molecule has 8 heteroatoms. The van der Waals surface area contributed by atoms with Gasteiger partial charge in [-0.05, 0) is 22.4 Å². The molecule has 0 bridgehead atoms. The number of ether oxygens (including phenoxy) is 1. The second-order valence-corrected chi connectivity index (χ2v) is 5.07. The van der Waals surface area contributed by atoms with Gasteiger partial charge in [0.25, 0.3) is 5.69 Å². The monoisotopic (exact) mass is 329 g/mol. The van der Waals surface area contributed by atoms with Crippen molar-refractivity contribution in [1.29, 1.82) is 0 Å². The van der Waals surface area contributed by atoms with Crippen molar-refractivity contribution < 1.29 is 14.5 Å². The van der Waals surface area contributed by atoms with E-state index in [2.05, 4.69) is 20.9 Å². The third-order valence-corrected chi connectivity index (χ3v) is 3.62.